The fourth-order valence-corrected chi connectivity index (χ4v) is 3.26. The quantitative estimate of drug-likeness (QED) is 0.921. The normalized spacial score (nSPS) is 17.2. The van der Waals surface area contributed by atoms with E-state index < -0.39 is 0 Å². The van der Waals surface area contributed by atoms with Crippen LogP contribution in [0.3, 0.4) is 0 Å². The highest BCUT2D eigenvalue weighted by Crippen LogP contribution is 2.25. The molecule has 3 heterocycles. The zero-order valence-electron chi connectivity index (χ0n) is 11.2. The molecule has 20 heavy (non-hydrogen) atoms. The summed E-state index contributed by atoms with van der Waals surface area (Å²) < 4.78 is 5.54. The maximum absolute atomic E-state index is 12.0. The van der Waals surface area contributed by atoms with Gasteiger partial charge >= 0.3 is 0 Å². The van der Waals surface area contributed by atoms with Crippen molar-refractivity contribution in [3.63, 3.8) is 0 Å². The van der Waals surface area contributed by atoms with Gasteiger partial charge in [0.2, 0.25) is 0 Å². The van der Waals surface area contributed by atoms with E-state index in [4.69, 9.17) is 4.42 Å². The van der Waals surface area contributed by atoms with Crippen LogP contribution in [-0.4, -0.2) is 30.4 Å². The van der Waals surface area contributed by atoms with Gasteiger partial charge in [0.25, 0.3) is 5.91 Å². The minimum atomic E-state index is -0.0120. The zero-order chi connectivity index (χ0) is 13.8. The van der Waals surface area contributed by atoms with Crippen LogP contribution in [-0.2, 0) is 0 Å². The van der Waals surface area contributed by atoms with Crippen LogP contribution in [0.2, 0.25) is 0 Å². The van der Waals surface area contributed by atoms with Crippen LogP contribution < -0.4 is 5.32 Å². The molecule has 1 aliphatic rings. The molecule has 1 N–H and O–H groups in total. The van der Waals surface area contributed by atoms with Crippen molar-refractivity contribution in [1.29, 1.82) is 0 Å². The highest BCUT2D eigenvalue weighted by molar-refractivity contribution is 7.08. The van der Waals surface area contributed by atoms with Crippen LogP contribution in [0.1, 0.15) is 35.0 Å². The van der Waals surface area contributed by atoms with E-state index in [2.05, 4.69) is 10.2 Å². The van der Waals surface area contributed by atoms with Gasteiger partial charge < -0.3 is 9.73 Å². The zero-order valence-corrected chi connectivity index (χ0v) is 12.1. The molecule has 0 spiro atoms. The minimum absolute atomic E-state index is 0.0120. The van der Waals surface area contributed by atoms with Crippen LogP contribution >= 0.6 is 11.3 Å². The average Bonchev–Trinajstić information content (AvgIpc) is 3.22. The SMILES string of the molecule is O=C(NCC(c1ccco1)N1CCCC1)c1ccsc1. The number of hydrogen-bond acceptors (Lipinski definition) is 4. The Morgan fingerprint density at radius 1 is 1.40 bits per heavy atom. The minimum Gasteiger partial charge on any atom is -0.468 e. The van der Waals surface area contributed by atoms with Gasteiger partial charge in [-0.3, -0.25) is 9.69 Å². The average molecular weight is 290 g/mol. The van der Waals surface area contributed by atoms with E-state index in [9.17, 15) is 4.79 Å². The molecule has 0 radical (unpaired) electrons. The number of nitrogens with zero attached hydrogens (tertiary/aromatic N) is 1. The van der Waals surface area contributed by atoms with Crippen molar-refractivity contribution in [3.05, 3.63) is 46.5 Å². The number of carbonyl (C=O) groups excluding carboxylic acids is 1. The van der Waals surface area contributed by atoms with Gasteiger partial charge in [0, 0.05) is 17.5 Å². The predicted molar refractivity (Wildman–Crippen MR) is 78.9 cm³/mol. The Labute approximate surface area is 122 Å². The maximum atomic E-state index is 12.0. The van der Waals surface area contributed by atoms with E-state index in [1.165, 1.54) is 24.2 Å². The van der Waals surface area contributed by atoms with Crippen molar-refractivity contribution in [2.45, 2.75) is 18.9 Å². The largest absolute Gasteiger partial charge is 0.468 e. The van der Waals surface area contributed by atoms with Crippen LogP contribution in [0.15, 0.2) is 39.6 Å². The summed E-state index contributed by atoms with van der Waals surface area (Å²) in [5.41, 5.74) is 0.731. The Kier molecular flexibility index (Phi) is 4.18. The monoisotopic (exact) mass is 290 g/mol. The fourth-order valence-electron chi connectivity index (χ4n) is 2.63. The molecule has 0 saturated carbocycles. The lowest BCUT2D eigenvalue weighted by atomic mass is 10.2. The van der Waals surface area contributed by atoms with E-state index in [0.29, 0.717) is 6.54 Å². The molecule has 3 rings (SSSR count). The molecule has 1 unspecified atom stereocenters. The van der Waals surface area contributed by atoms with Gasteiger partial charge in [-0.15, -0.1) is 0 Å². The second kappa shape index (κ2) is 6.24. The number of nitrogens with one attached hydrogen (secondary N) is 1. The Hall–Kier alpha value is -1.59. The molecule has 4 nitrogen and oxygen atoms in total. The third kappa shape index (κ3) is 2.94. The molecule has 0 bridgehead atoms. The predicted octanol–water partition coefficient (Wildman–Crippen LogP) is 2.91. The summed E-state index contributed by atoms with van der Waals surface area (Å²) in [6, 6.07) is 5.87. The van der Waals surface area contributed by atoms with Crippen LogP contribution in [0, 0.1) is 0 Å². The molecule has 1 aliphatic heterocycles. The lowest BCUT2D eigenvalue weighted by Gasteiger charge is -2.25. The first-order valence-electron chi connectivity index (χ1n) is 6.92. The molecule has 0 aliphatic carbocycles. The molecule has 0 aromatic carbocycles. The summed E-state index contributed by atoms with van der Waals surface area (Å²) in [4.78, 5) is 14.4. The highest BCUT2D eigenvalue weighted by Gasteiger charge is 2.26. The third-order valence-electron chi connectivity index (χ3n) is 3.69. The molecular formula is C15H18N2O2S. The summed E-state index contributed by atoms with van der Waals surface area (Å²) in [6.45, 7) is 2.72. The second-order valence-corrected chi connectivity index (χ2v) is 5.78. The first-order valence-corrected chi connectivity index (χ1v) is 7.87. The Balaban J connectivity index is 1.66. The van der Waals surface area contributed by atoms with Crippen molar-refractivity contribution >= 4 is 17.2 Å². The number of rotatable bonds is 5. The Morgan fingerprint density at radius 2 is 2.25 bits per heavy atom. The molecular weight excluding hydrogens is 272 g/mol. The third-order valence-corrected chi connectivity index (χ3v) is 4.38. The number of carbonyl (C=O) groups is 1. The van der Waals surface area contributed by atoms with Gasteiger partial charge in [0.05, 0.1) is 12.3 Å². The van der Waals surface area contributed by atoms with Gasteiger partial charge in [-0.1, -0.05) is 0 Å². The topological polar surface area (TPSA) is 45.5 Å². The fraction of sp³-hybridized carbons (Fsp3) is 0.400. The van der Waals surface area contributed by atoms with Gasteiger partial charge in [0.1, 0.15) is 5.76 Å². The van der Waals surface area contributed by atoms with Gasteiger partial charge in [-0.2, -0.15) is 11.3 Å². The van der Waals surface area contributed by atoms with Crippen molar-refractivity contribution in [2.24, 2.45) is 0 Å². The number of hydrogen-bond donors (Lipinski definition) is 1. The van der Waals surface area contributed by atoms with E-state index in [-0.39, 0.29) is 11.9 Å². The Morgan fingerprint density at radius 3 is 2.90 bits per heavy atom. The number of amides is 1. The van der Waals surface area contributed by atoms with Crippen LogP contribution in [0.25, 0.3) is 0 Å². The lowest BCUT2D eigenvalue weighted by molar-refractivity contribution is 0.0934. The summed E-state index contributed by atoms with van der Waals surface area (Å²) in [6.07, 6.45) is 4.13. The Bertz CT molecular complexity index is 530. The molecule has 5 heteroatoms. The molecule has 1 amide bonds. The van der Waals surface area contributed by atoms with Crippen LogP contribution in [0.5, 0.6) is 0 Å². The molecule has 106 valence electrons. The van der Waals surface area contributed by atoms with Gasteiger partial charge in [-0.05, 0) is 49.5 Å². The van der Waals surface area contributed by atoms with Gasteiger partial charge in [0.15, 0.2) is 0 Å². The first kappa shape index (κ1) is 13.4. The van der Waals surface area contributed by atoms with Gasteiger partial charge in [-0.25, -0.2) is 0 Å². The smallest absolute Gasteiger partial charge is 0.252 e. The van der Waals surface area contributed by atoms with E-state index in [0.717, 1.165) is 24.4 Å². The molecule has 1 fully saturated rings. The van der Waals surface area contributed by atoms with E-state index >= 15 is 0 Å². The van der Waals surface area contributed by atoms with E-state index in [1.807, 2.05) is 29.0 Å². The van der Waals surface area contributed by atoms with Crippen molar-refractivity contribution in [3.8, 4) is 0 Å². The molecule has 2 aromatic rings. The molecule has 1 atom stereocenters. The standard InChI is InChI=1S/C15H18N2O2S/c18-15(12-5-9-20-11-12)16-10-13(14-4-3-8-19-14)17-6-1-2-7-17/h3-5,8-9,11,13H,1-2,6-7,10H2,(H,16,18). The van der Waals surface area contributed by atoms with E-state index in [1.54, 1.807) is 6.26 Å². The van der Waals surface area contributed by atoms with Crippen LogP contribution in [0.4, 0.5) is 0 Å². The molecule has 1 saturated heterocycles. The van der Waals surface area contributed by atoms with Crippen molar-refractivity contribution in [2.75, 3.05) is 19.6 Å². The summed E-state index contributed by atoms with van der Waals surface area (Å²) >= 11 is 1.54. The lowest BCUT2D eigenvalue weighted by Crippen LogP contribution is -2.36. The summed E-state index contributed by atoms with van der Waals surface area (Å²) in [7, 11) is 0. The van der Waals surface area contributed by atoms with Crippen molar-refractivity contribution < 1.29 is 9.21 Å². The number of likely N-dealkylation sites (tertiary alicyclic amines) is 1. The maximum Gasteiger partial charge on any atom is 0.252 e. The van der Waals surface area contributed by atoms with Crippen molar-refractivity contribution in [1.82, 2.24) is 10.2 Å². The first-order chi connectivity index (χ1) is 9.84. The summed E-state index contributed by atoms with van der Waals surface area (Å²) in [5.74, 6) is 0.916. The number of thiophene rings is 1. The number of furan rings is 1. The summed E-state index contributed by atoms with van der Waals surface area (Å²) in [5, 5.41) is 6.80. The molecule has 2 aromatic heterocycles. The highest BCUT2D eigenvalue weighted by atomic mass is 32.1. The second-order valence-electron chi connectivity index (χ2n) is 5.00.